The van der Waals surface area contributed by atoms with Gasteiger partial charge >= 0.3 is 11.7 Å². The summed E-state index contributed by atoms with van der Waals surface area (Å²) in [5.74, 6) is -0.0151. The zero-order valence-corrected chi connectivity index (χ0v) is 15.0. The number of ketones is 1. The molecule has 2 rings (SSSR count). The number of amides is 1. The molecule has 0 bridgehead atoms. The van der Waals surface area contributed by atoms with E-state index in [1.807, 2.05) is 0 Å². The standard InChI is InChI=1S/C18H20BNO6/c1-18(2,3)26-17(23)20-6-7-24-12-5-4-11-8-13(14(21)10-19)16(22)25-15(11)9-12/h4-5,8-9H,6-7,10H2,1-3H3,(H,20,23). The summed E-state index contributed by atoms with van der Waals surface area (Å²) in [7, 11) is 5.28. The molecule has 0 saturated heterocycles. The molecule has 136 valence electrons. The van der Waals surface area contributed by atoms with Gasteiger partial charge in [0.15, 0.2) is 5.78 Å². The van der Waals surface area contributed by atoms with Gasteiger partial charge < -0.3 is 19.2 Å². The van der Waals surface area contributed by atoms with Crippen molar-refractivity contribution in [1.29, 1.82) is 0 Å². The van der Waals surface area contributed by atoms with Gasteiger partial charge in [-0.2, -0.15) is 0 Å². The van der Waals surface area contributed by atoms with Crippen molar-refractivity contribution < 1.29 is 23.5 Å². The molecular formula is C18H20BNO6. The average Bonchev–Trinajstić information content (AvgIpc) is 2.55. The number of hydrogen-bond donors (Lipinski definition) is 1. The second-order valence-corrected chi connectivity index (χ2v) is 6.55. The van der Waals surface area contributed by atoms with Crippen molar-refractivity contribution in [2.24, 2.45) is 0 Å². The van der Waals surface area contributed by atoms with Gasteiger partial charge in [0.05, 0.1) is 14.4 Å². The lowest BCUT2D eigenvalue weighted by Gasteiger charge is -2.19. The number of Topliss-reactive ketones (excluding diaryl/α,β-unsaturated/α-hetero) is 1. The molecule has 0 saturated carbocycles. The highest BCUT2D eigenvalue weighted by atomic mass is 16.6. The second kappa shape index (κ2) is 8.08. The first-order valence-corrected chi connectivity index (χ1v) is 8.10. The Balaban J connectivity index is 1.98. The minimum absolute atomic E-state index is 0.0739. The number of alkyl carbamates (subject to hydrolysis) is 1. The van der Waals surface area contributed by atoms with E-state index in [0.717, 1.165) is 0 Å². The largest absolute Gasteiger partial charge is 0.492 e. The van der Waals surface area contributed by atoms with Crippen LogP contribution in [0.15, 0.2) is 33.5 Å². The molecule has 8 heteroatoms. The van der Waals surface area contributed by atoms with Crippen LogP contribution in [-0.2, 0) is 4.74 Å². The monoisotopic (exact) mass is 357 g/mol. The van der Waals surface area contributed by atoms with Crippen molar-refractivity contribution in [2.75, 3.05) is 13.2 Å². The van der Waals surface area contributed by atoms with Crippen LogP contribution >= 0.6 is 0 Å². The predicted octanol–water partition coefficient (Wildman–Crippen LogP) is 2.47. The maximum Gasteiger partial charge on any atom is 0.407 e. The summed E-state index contributed by atoms with van der Waals surface area (Å²) < 4.78 is 15.8. The fraction of sp³-hybridized carbons (Fsp3) is 0.389. The molecule has 0 aliphatic heterocycles. The minimum atomic E-state index is -0.739. The molecule has 1 aromatic carbocycles. The third-order valence-corrected chi connectivity index (χ3v) is 3.23. The van der Waals surface area contributed by atoms with E-state index in [1.54, 1.807) is 39.0 Å². The zero-order chi connectivity index (χ0) is 19.3. The summed E-state index contributed by atoms with van der Waals surface area (Å²) in [6, 6.07) is 6.33. The fourth-order valence-corrected chi connectivity index (χ4v) is 2.12. The Morgan fingerprint density at radius 2 is 1.96 bits per heavy atom. The number of ether oxygens (including phenoxy) is 2. The lowest BCUT2D eigenvalue weighted by Crippen LogP contribution is -2.34. The minimum Gasteiger partial charge on any atom is -0.492 e. The molecule has 7 nitrogen and oxygen atoms in total. The molecule has 0 aliphatic rings. The Kier molecular flexibility index (Phi) is 6.08. The van der Waals surface area contributed by atoms with Gasteiger partial charge in [0.2, 0.25) is 0 Å². The molecule has 26 heavy (non-hydrogen) atoms. The maximum atomic E-state index is 11.8. The fourth-order valence-electron chi connectivity index (χ4n) is 2.12. The average molecular weight is 357 g/mol. The Bertz CT molecular complexity index is 868. The van der Waals surface area contributed by atoms with Crippen molar-refractivity contribution in [1.82, 2.24) is 5.32 Å². The molecule has 2 aromatic rings. The Morgan fingerprint density at radius 1 is 1.23 bits per heavy atom. The molecule has 1 heterocycles. The van der Waals surface area contributed by atoms with Crippen molar-refractivity contribution in [3.8, 4) is 5.75 Å². The Labute approximate surface area is 152 Å². The number of benzene rings is 1. The van der Waals surface area contributed by atoms with Crippen LogP contribution in [0.2, 0.25) is 6.32 Å². The van der Waals surface area contributed by atoms with Crippen molar-refractivity contribution in [2.45, 2.75) is 32.7 Å². The first-order valence-electron chi connectivity index (χ1n) is 8.10. The van der Waals surface area contributed by atoms with Crippen LogP contribution in [0.25, 0.3) is 11.0 Å². The van der Waals surface area contributed by atoms with E-state index < -0.39 is 23.1 Å². The van der Waals surface area contributed by atoms with Crippen LogP contribution < -0.4 is 15.7 Å². The summed E-state index contributed by atoms with van der Waals surface area (Å²) >= 11 is 0. The molecular weight excluding hydrogens is 337 g/mol. The highest BCUT2D eigenvalue weighted by molar-refractivity contribution is 6.24. The Morgan fingerprint density at radius 3 is 2.62 bits per heavy atom. The summed E-state index contributed by atoms with van der Waals surface area (Å²) in [6.07, 6.45) is -0.787. The highest BCUT2D eigenvalue weighted by Crippen LogP contribution is 2.20. The van der Waals surface area contributed by atoms with Crippen molar-refractivity contribution in [3.63, 3.8) is 0 Å². The number of rotatable bonds is 6. The van der Waals surface area contributed by atoms with Gasteiger partial charge in [0.1, 0.15) is 29.1 Å². The number of carbonyl (C=O) groups excluding carboxylic acids is 2. The third-order valence-electron chi connectivity index (χ3n) is 3.23. The van der Waals surface area contributed by atoms with Crippen LogP contribution in [0, 0.1) is 0 Å². The predicted molar refractivity (Wildman–Crippen MR) is 97.1 cm³/mol. The van der Waals surface area contributed by atoms with Crippen LogP contribution in [-0.4, -0.2) is 38.5 Å². The molecule has 0 atom stereocenters. The normalized spacial score (nSPS) is 11.2. The van der Waals surface area contributed by atoms with Crippen LogP contribution in [0.5, 0.6) is 5.75 Å². The van der Waals surface area contributed by atoms with Gasteiger partial charge in [-0.05, 0) is 45.3 Å². The molecule has 1 amide bonds. The van der Waals surface area contributed by atoms with E-state index in [1.165, 1.54) is 6.07 Å². The lowest BCUT2D eigenvalue weighted by molar-refractivity contribution is 0.0520. The van der Waals surface area contributed by atoms with E-state index in [-0.39, 0.29) is 25.0 Å². The van der Waals surface area contributed by atoms with Crippen LogP contribution in [0.1, 0.15) is 31.1 Å². The highest BCUT2D eigenvalue weighted by Gasteiger charge is 2.15. The molecule has 0 fully saturated rings. The smallest absolute Gasteiger partial charge is 0.407 e. The number of hydrogen-bond acceptors (Lipinski definition) is 6. The van der Waals surface area contributed by atoms with E-state index in [2.05, 4.69) is 5.32 Å². The first kappa shape index (κ1) is 19.6. The van der Waals surface area contributed by atoms with Gasteiger partial charge in [0.25, 0.3) is 0 Å². The molecule has 0 spiro atoms. The van der Waals surface area contributed by atoms with Gasteiger partial charge in [0, 0.05) is 11.5 Å². The van der Waals surface area contributed by atoms with E-state index >= 15 is 0 Å². The van der Waals surface area contributed by atoms with Gasteiger partial charge in [-0.1, -0.05) is 0 Å². The molecule has 1 aromatic heterocycles. The molecule has 1 N–H and O–H groups in total. The van der Waals surface area contributed by atoms with E-state index in [9.17, 15) is 14.4 Å². The number of nitrogens with one attached hydrogen (secondary N) is 1. The van der Waals surface area contributed by atoms with E-state index in [4.69, 9.17) is 21.7 Å². The lowest BCUT2D eigenvalue weighted by atomic mass is 9.96. The quantitative estimate of drug-likeness (QED) is 0.369. The summed E-state index contributed by atoms with van der Waals surface area (Å²) in [5, 5.41) is 3.16. The van der Waals surface area contributed by atoms with Crippen molar-refractivity contribution in [3.05, 3.63) is 40.2 Å². The SMILES string of the molecule is [B]CC(=O)c1cc2ccc(OCCNC(=O)OC(C)(C)C)cc2oc1=O. The zero-order valence-electron chi connectivity index (χ0n) is 15.0. The number of fused-ring (bicyclic) bond motifs is 1. The van der Waals surface area contributed by atoms with Gasteiger partial charge in [-0.15, -0.1) is 0 Å². The summed E-state index contributed by atoms with van der Waals surface area (Å²) in [5.41, 5.74) is -1.08. The maximum absolute atomic E-state index is 11.8. The van der Waals surface area contributed by atoms with Gasteiger partial charge in [-0.3, -0.25) is 4.79 Å². The molecule has 0 unspecified atom stereocenters. The summed E-state index contributed by atoms with van der Waals surface area (Å²) in [4.78, 5) is 35.0. The summed E-state index contributed by atoms with van der Waals surface area (Å²) in [6.45, 7) is 5.79. The van der Waals surface area contributed by atoms with Crippen LogP contribution in [0.4, 0.5) is 4.79 Å². The number of carbonyl (C=O) groups is 2. The van der Waals surface area contributed by atoms with Gasteiger partial charge in [-0.25, -0.2) is 9.59 Å². The topological polar surface area (TPSA) is 94.8 Å². The van der Waals surface area contributed by atoms with Crippen molar-refractivity contribution >= 4 is 30.7 Å². The first-order chi connectivity index (χ1) is 12.2. The third kappa shape index (κ3) is 5.37. The Hall–Kier alpha value is -2.77. The molecule has 0 aliphatic carbocycles. The molecule has 2 radical (unpaired) electrons. The van der Waals surface area contributed by atoms with Crippen LogP contribution in [0.3, 0.4) is 0 Å². The second-order valence-electron chi connectivity index (χ2n) is 6.55. The van der Waals surface area contributed by atoms with E-state index in [0.29, 0.717) is 16.7 Å².